The molecule has 3 aromatic rings. The van der Waals surface area contributed by atoms with Gasteiger partial charge in [-0.1, -0.05) is 86.6 Å². The Balaban J connectivity index is 1.84. The topological polar surface area (TPSA) is 116 Å². The molecule has 0 N–H and O–H groups in total. The predicted octanol–water partition coefficient (Wildman–Crippen LogP) is 5.76. The average Bonchev–Trinajstić information content (AvgIpc) is 3.24. The number of esters is 3. The quantitative estimate of drug-likeness (QED) is 0.110. The third-order valence-electron chi connectivity index (χ3n) is 7.44. The molecular formula is C36H39NO8. The van der Waals surface area contributed by atoms with Crippen LogP contribution in [-0.4, -0.2) is 46.8 Å². The summed E-state index contributed by atoms with van der Waals surface area (Å²) in [5.74, 6) is -6.12. The van der Waals surface area contributed by atoms with Crippen LogP contribution in [0.2, 0.25) is 0 Å². The van der Waals surface area contributed by atoms with Crippen molar-refractivity contribution in [2.24, 2.45) is 17.3 Å². The number of rotatable bonds is 12. The summed E-state index contributed by atoms with van der Waals surface area (Å²) in [4.78, 5) is 71.0. The maximum Gasteiger partial charge on any atom is 0.326 e. The van der Waals surface area contributed by atoms with Crippen molar-refractivity contribution < 1.29 is 38.2 Å². The van der Waals surface area contributed by atoms with Gasteiger partial charge in [-0.05, 0) is 56.4 Å². The molecule has 2 unspecified atom stereocenters. The fourth-order valence-electron chi connectivity index (χ4n) is 5.26. The summed E-state index contributed by atoms with van der Waals surface area (Å²) in [7, 11) is 0. The van der Waals surface area contributed by atoms with Crippen LogP contribution < -0.4 is 0 Å². The van der Waals surface area contributed by atoms with E-state index in [4.69, 9.17) is 14.2 Å². The molecule has 1 aliphatic rings. The normalized spacial score (nSPS) is 14.8. The van der Waals surface area contributed by atoms with Crippen LogP contribution in [0.5, 0.6) is 0 Å². The van der Waals surface area contributed by atoms with E-state index in [1.54, 1.807) is 87.5 Å². The van der Waals surface area contributed by atoms with E-state index < -0.39 is 53.2 Å². The lowest BCUT2D eigenvalue weighted by molar-refractivity contribution is -0.192. The number of fused-ring (bicyclic) bond motifs is 1. The van der Waals surface area contributed by atoms with Crippen molar-refractivity contribution in [3.05, 3.63) is 107 Å². The van der Waals surface area contributed by atoms with Crippen molar-refractivity contribution in [2.45, 2.75) is 59.9 Å². The number of carbonyl (C=O) groups excluding carboxylic acids is 5. The molecule has 0 bridgehead atoms. The van der Waals surface area contributed by atoms with Crippen molar-refractivity contribution >= 4 is 29.7 Å². The van der Waals surface area contributed by atoms with Crippen LogP contribution in [0.25, 0.3) is 0 Å². The Morgan fingerprint density at radius 3 is 1.62 bits per heavy atom. The number of amides is 2. The lowest BCUT2D eigenvalue weighted by Crippen LogP contribution is -2.59. The van der Waals surface area contributed by atoms with Gasteiger partial charge >= 0.3 is 17.9 Å². The highest BCUT2D eigenvalue weighted by Gasteiger charge is 2.61. The lowest BCUT2D eigenvalue weighted by Gasteiger charge is -2.39. The van der Waals surface area contributed by atoms with E-state index in [-0.39, 0.29) is 36.7 Å². The zero-order valence-corrected chi connectivity index (χ0v) is 26.3. The van der Waals surface area contributed by atoms with Crippen LogP contribution in [-0.2, 0) is 41.8 Å². The molecule has 9 heteroatoms. The van der Waals surface area contributed by atoms with E-state index in [2.05, 4.69) is 0 Å². The number of carbonyl (C=O) groups is 5. The van der Waals surface area contributed by atoms with Crippen molar-refractivity contribution in [3.8, 4) is 0 Å². The third-order valence-corrected chi connectivity index (χ3v) is 7.44. The molecule has 1 aliphatic heterocycles. The molecule has 0 fully saturated rings. The smallest absolute Gasteiger partial charge is 0.326 e. The van der Waals surface area contributed by atoms with Gasteiger partial charge in [-0.25, -0.2) is 0 Å². The van der Waals surface area contributed by atoms with E-state index in [1.807, 2.05) is 19.9 Å². The van der Waals surface area contributed by atoms with Crippen molar-refractivity contribution in [3.63, 3.8) is 0 Å². The summed E-state index contributed by atoms with van der Waals surface area (Å²) < 4.78 is 17.3. The fourth-order valence-corrected chi connectivity index (χ4v) is 5.26. The fraction of sp³-hybridized carbons (Fsp3) is 0.361. The largest absolute Gasteiger partial charge is 0.461 e. The molecule has 45 heavy (non-hydrogen) atoms. The minimum atomic E-state index is -2.45. The summed E-state index contributed by atoms with van der Waals surface area (Å²) in [5.41, 5.74) is -1.95. The van der Waals surface area contributed by atoms with Crippen molar-refractivity contribution in [1.29, 1.82) is 0 Å². The standard InChI is InChI=1S/C36H39NO8/c1-24(2)20-29(32(40)43-21-25-14-8-6-9-15-25)36(34(42)45-35(3,4)5,33(41)44-22-26-16-10-7-11-17-26)23-37-30(38)27-18-12-13-19-28(27)31(37)39/h6-19,24,29H,20-23H2,1-5H3. The summed E-state index contributed by atoms with van der Waals surface area (Å²) in [6.45, 7) is 7.40. The average molecular weight is 614 g/mol. The molecule has 3 aromatic carbocycles. The molecular weight excluding hydrogens is 574 g/mol. The molecule has 2 amide bonds. The van der Waals surface area contributed by atoms with Gasteiger partial charge in [0.25, 0.3) is 11.8 Å². The first kappa shape index (κ1) is 33.1. The molecule has 0 aromatic heterocycles. The Labute approximate surface area is 263 Å². The zero-order valence-electron chi connectivity index (χ0n) is 26.3. The molecule has 1 heterocycles. The van der Waals surface area contributed by atoms with Crippen LogP contribution in [0, 0.1) is 17.3 Å². The Morgan fingerprint density at radius 1 is 0.689 bits per heavy atom. The van der Waals surface area contributed by atoms with Gasteiger partial charge in [-0.3, -0.25) is 28.9 Å². The maximum absolute atomic E-state index is 14.5. The monoisotopic (exact) mass is 613 g/mol. The van der Waals surface area contributed by atoms with Crippen LogP contribution in [0.15, 0.2) is 84.9 Å². The van der Waals surface area contributed by atoms with E-state index in [0.717, 1.165) is 4.90 Å². The van der Waals surface area contributed by atoms with Crippen molar-refractivity contribution in [2.75, 3.05) is 6.54 Å². The molecule has 0 radical (unpaired) electrons. The second-order valence-corrected chi connectivity index (χ2v) is 12.6. The van der Waals surface area contributed by atoms with Crippen LogP contribution in [0.4, 0.5) is 0 Å². The van der Waals surface area contributed by atoms with Gasteiger partial charge in [-0.2, -0.15) is 0 Å². The second-order valence-electron chi connectivity index (χ2n) is 12.6. The first-order valence-electron chi connectivity index (χ1n) is 14.9. The summed E-state index contributed by atoms with van der Waals surface area (Å²) in [6.07, 6.45) is -0.00350. The van der Waals surface area contributed by atoms with Gasteiger partial charge in [0.15, 0.2) is 5.41 Å². The maximum atomic E-state index is 14.5. The van der Waals surface area contributed by atoms with Gasteiger partial charge in [0.1, 0.15) is 18.8 Å². The van der Waals surface area contributed by atoms with Crippen LogP contribution in [0.3, 0.4) is 0 Å². The minimum Gasteiger partial charge on any atom is -0.461 e. The molecule has 0 saturated carbocycles. The molecule has 0 saturated heterocycles. The minimum absolute atomic E-state index is 0.00350. The lowest BCUT2D eigenvalue weighted by atomic mass is 9.70. The molecule has 0 spiro atoms. The Morgan fingerprint density at radius 2 is 1.16 bits per heavy atom. The highest BCUT2D eigenvalue weighted by atomic mass is 16.6. The van der Waals surface area contributed by atoms with Crippen molar-refractivity contribution in [1.82, 2.24) is 4.90 Å². The third kappa shape index (κ3) is 7.66. The number of ether oxygens (including phenoxy) is 3. The predicted molar refractivity (Wildman–Crippen MR) is 166 cm³/mol. The first-order chi connectivity index (χ1) is 21.3. The van der Waals surface area contributed by atoms with Gasteiger partial charge in [0, 0.05) is 0 Å². The zero-order chi connectivity index (χ0) is 32.8. The molecule has 2 atom stereocenters. The number of hydrogen-bond donors (Lipinski definition) is 0. The Hall–Kier alpha value is -4.79. The SMILES string of the molecule is CC(C)CC(C(=O)OCc1ccccc1)C(CN1C(=O)c2ccccc2C1=O)(C(=O)OCc1ccccc1)C(=O)OC(C)(C)C. The van der Waals surface area contributed by atoms with E-state index >= 15 is 0 Å². The van der Waals surface area contributed by atoms with Gasteiger partial charge < -0.3 is 14.2 Å². The van der Waals surface area contributed by atoms with E-state index in [1.165, 1.54) is 12.1 Å². The number of hydrogen-bond acceptors (Lipinski definition) is 8. The number of nitrogens with zero attached hydrogens (tertiary/aromatic N) is 1. The summed E-state index contributed by atoms with van der Waals surface area (Å²) in [5, 5.41) is 0. The van der Waals surface area contributed by atoms with Crippen LogP contribution in [0.1, 0.15) is 72.9 Å². The Kier molecular flexibility index (Phi) is 10.2. The highest BCUT2D eigenvalue weighted by molar-refractivity contribution is 6.22. The molecule has 4 rings (SSSR count). The first-order valence-corrected chi connectivity index (χ1v) is 14.9. The molecule has 9 nitrogen and oxygen atoms in total. The molecule has 0 aliphatic carbocycles. The highest BCUT2D eigenvalue weighted by Crippen LogP contribution is 2.41. The van der Waals surface area contributed by atoms with Crippen LogP contribution >= 0.6 is 0 Å². The summed E-state index contributed by atoms with van der Waals surface area (Å²) >= 11 is 0. The molecule has 236 valence electrons. The number of benzene rings is 3. The van der Waals surface area contributed by atoms with Gasteiger partial charge in [0.2, 0.25) is 0 Å². The number of imide groups is 1. The Bertz CT molecular complexity index is 1510. The van der Waals surface area contributed by atoms with E-state index in [0.29, 0.717) is 11.1 Å². The van der Waals surface area contributed by atoms with Gasteiger partial charge in [0.05, 0.1) is 23.6 Å². The second kappa shape index (κ2) is 13.9. The summed E-state index contributed by atoms with van der Waals surface area (Å²) in [6, 6.07) is 24.0. The van der Waals surface area contributed by atoms with E-state index in [9.17, 15) is 24.0 Å². The van der Waals surface area contributed by atoms with Gasteiger partial charge in [-0.15, -0.1) is 0 Å².